The van der Waals surface area contributed by atoms with Crippen LogP contribution in [-0.4, -0.2) is 4.70 Å². The second kappa shape index (κ2) is 8.80. The third kappa shape index (κ3) is 4.65. The molecule has 1 heterocycles. The quantitative estimate of drug-likeness (QED) is 0.383. The van der Waals surface area contributed by atoms with Crippen LogP contribution in [0.5, 0.6) is 0 Å². The Morgan fingerprint density at radius 1 is 0.778 bits per heavy atom. The molecule has 0 fully saturated rings. The van der Waals surface area contributed by atoms with Crippen LogP contribution in [0, 0.1) is 27.7 Å². The van der Waals surface area contributed by atoms with Crippen molar-refractivity contribution in [3.8, 4) is 0 Å². The zero-order valence-corrected chi connectivity index (χ0v) is 17.9. The minimum absolute atomic E-state index is 0. The first-order valence-corrected chi connectivity index (χ1v) is 9.50. The fourth-order valence-corrected chi connectivity index (χ4v) is 3.86. The Bertz CT molecular complexity index is 895. The summed E-state index contributed by atoms with van der Waals surface area (Å²) in [5.41, 5.74) is 21.1. The van der Waals surface area contributed by atoms with Crippen molar-refractivity contribution in [2.24, 2.45) is 0 Å². The van der Waals surface area contributed by atoms with E-state index in [1.165, 1.54) is 32.5 Å². The molecule has 2 aromatic rings. The van der Waals surface area contributed by atoms with E-state index < -0.39 is 0 Å². The summed E-state index contributed by atoms with van der Waals surface area (Å²) in [6, 6.07) is 12.9. The number of rotatable bonds is 5. The van der Waals surface area contributed by atoms with Gasteiger partial charge in [-0.05, 0) is 64.8 Å². The molecule has 0 aromatic heterocycles. The minimum atomic E-state index is 0. The van der Waals surface area contributed by atoms with E-state index in [-0.39, 0.29) is 16.5 Å². The van der Waals surface area contributed by atoms with Crippen LogP contribution in [0.25, 0.3) is 16.9 Å². The molecule has 0 saturated heterocycles. The summed E-state index contributed by atoms with van der Waals surface area (Å²) in [5.74, 6) is 0. The Balaban J connectivity index is 0.00000261. The number of aryl methyl sites for hydroxylation is 4. The molecule has 0 saturated carbocycles. The summed E-state index contributed by atoms with van der Waals surface area (Å²) < 4.78 is 1.40. The maximum atomic E-state index is 11.1. The van der Waals surface area contributed by atoms with Gasteiger partial charge < -0.3 is 5.53 Å². The number of unbranched alkanes of at least 4 members (excludes halogenated alkanes) is 1. The first-order valence-electron chi connectivity index (χ1n) is 9.50. The Kier molecular flexibility index (Phi) is 6.95. The maximum Gasteiger partial charge on any atom is 0.210 e. The fraction of sp³-hybridized carbons (Fsp3) is 0.333. The van der Waals surface area contributed by atoms with E-state index in [1.54, 1.807) is 0 Å². The average Bonchev–Trinajstić information content (AvgIpc) is 2.87. The minimum Gasteiger partial charge on any atom is -0.493 e. The van der Waals surface area contributed by atoms with Crippen LogP contribution < -0.4 is 0 Å². The van der Waals surface area contributed by atoms with E-state index in [4.69, 9.17) is 0 Å². The van der Waals surface area contributed by atoms with E-state index in [9.17, 15) is 5.53 Å². The van der Waals surface area contributed by atoms with Crippen LogP contribution in [0.2, 0.25) is 0 Å². The summed E-state index contributed by atoms with van der Waals surface area (Å²) in [4.78, 5) is 0. The maximum absolute atomic E-state index is 11.1. The van der Waals surface area contributed by atoms with Crippen molar-refractivity contribution < 1.29 is 21.2 Å². The van der Waals surface area contributed by atoms with Gasteiger partial charge in [-0.3, -0.25) is 0 Å². The van der Waals surface area contributed by atoms with E-state index >= 15 is 0 Å². The summed E-state index contributed by atoms with van der Waals surface area (Å²) in [7, 11) is 0. The molecule has 2 nitrogen and oxygen atoms in total. The van der Waals surface area contributed by atoms with Gasteiger partial charge in [0.25, 0.3) is 0 Å². The fourth-order valence-electron chi connectivity index (χ4n) is 3.86. The molecular weight excluding hydrogens is 375 g/mol. The van der Waals surface area contributed by atoms with Crippen molar-refractivity contribution in [3.63, 3.8) is 0 Å². The summed E-state index contributed by atoms with van der Waals surface area (Å²) >= 11 is 0. The number of benzene rings is 2. The first kappa shape index (κ1) is 21.3. The van der Waals surface area contributed by atoms with Gasteiger partial charge in [-0.25, -0.2) is 4.70 Å². The zero-order valence-electron chi connectivity index (χ0n) is 16.9. The molecule has 0 spiro atoms. The van der Waals surface area contributed by atoms with Crippen LogP contribution >= 0.6 is 0 Å². The molecule has 2 aromatic carbocycles. The molecule has 0 unspecified atom stereocenters. The molecule has 0 radical (unpaired) electrons. The Morgan fingerprint density at radius 3 is 1.74 bits per heavy atom. The SMILES string of the molecule is CCCCC1=C(c2cc(C)cc(C)c2)[N+](=[N-])C(c2cc(C)cc(C)c2)=C1.[Ni]. The Hall–Kier alpha value is -1.99. The number of hydrogen-bond donors (Lipinski definition) is 0. The third-order valence-corrected chi connectivity index (χ3v) is 4.87. The van der Waals surface area contributed by atoms with Crippen LogP contribution in [-0.2, 0) is 16.5 Å². The van der Waals surface area contributed by atoms with Gasteiger partial charge in [0.15, 0.2) is 0 Å². The van der Waals surface area contributed by atoms with Crippen molar-refractivity contribution >= 4 is 11.4 Å². The van der Waals surface area contributed by atoms with E-state index in [2.05, 4.69) is 77.1 Å². The predicted molar refractivity (Wildman–Crippen MR) is 110 cm³/mol. The van der Waals surface area contributed by atoms with Crippen molar-refractivity contribution in [3.05, 3.63) is 87.0 Å². The van der Waals surface area contributed by atoms with E-state index in [1.807, 2.05) is 0 Å². The van der Waals surface area contributed by atoms with E-state index in [0.717, 1.165) is 41.8 Å². The molecule has 0 bridgehead atoms. The van der Waals surface area contributed by atoms with Gasteiger partial charge in [0.05, 0.1) is 0 Å². The van der Waals surface area contributed by atoms with Gasteiger partial charge in [0.2, 0.25) is 11.4 Å². The molecule has 0 aliphatic carbocycles. The normalized spacial score (nSPS) is 13.7. The molecule has 3 heteroatoms. The van der Waals surface area contributed by atoms with Crippen molar-refractivity contribution in [2.75, 3.05) is 0 Å². The third-order valence-electron chi connectivity index (χ3n) is 4.87. The molecule has 144 valence electrons. The molecular formula is C24H28N2Ni. The van der Waals surface area contributed by atoms with Gasteiger partial charge >= 0.3 is 0 Å². The second-order valence-electron chi connectivity index (χ2n) is 7.57. The molecule has 27 heavy (non-hydrogen) atoms. The zero-order chi connectivity index (χ0) is 18.8. The number of nitrogens with zero attached hydrogens (tertiary/aromatic N) is 2. The molecule has 1 aliphatic heterocycles. The van der Waals surface area contributed by atoms with Gasteiger partial charge in [-0.1, -0.05) is 47.7 Å². The molecule has 1 aliphatic rings. The largest absolute Gasteiger partial charge is 0.493 e. The topological polar surface area (TPSA) is 25.3 Å². The Labute approximate surface area is 173 Å². The standard InChI is InChI=1S/C24H28N2.Ni/c1-6-7-8-20-15-23(21-11-16(2)9-17(3)12-21)26(25)24(20)22-13-18(4)10-19(5)14-22;/h9-15H,6-8H2,1-5H3;. The van der Waals surface area contributed by atoms with Gasteiger partial charge in [0, 0.05) is 39.3 Å². The van der Waals surface area contributed by atoms with Crippen LogP contribution in [0.4, 0.5) is 0 Å². The van der Waals surface area contributed by atoms with Gasteiger partial charge in [-0.2, -0.15) is 0 Å². The van der Waals surface area contributed by atoms with Crippen molar-refractivity contribution in [1.29, 1.82) is 0 Å². The summed E-state index contributed by atoms with van der Waals surface area (Å²) in [5, 5.41) is 0. The number of hydrogen-bond acceptors (Lipinski definition) is 0. The molecule has 3 rings (SSSR count). The molecule has 0 amide bonds. The van der Waals surface area contributed by atoms with Gasteiger partial charge in [0.1, 0.15) is 0 Å². The summed E-state index contributed by atoms with van der Waals surface area (Å²) in [6.07, 6.45) is 5.40. The first-order chi connectivity index (χ1) is 12.4. The van der Waals surface area contributed by atoms with Crippen molar-refractivity contribution in [1.82, 2.24) is 0 Å². The molecule has 0 atom stereocenters. The number of allylic oxidation sites excluding steroid dienone is 2. The monoisotopic (exact) mass is 402 g/mol. The van der Waals surface area contributed by atoms with Crippen LogP contribution in [0.3, 0.4) is 0 Å². The second-order valence-corrected chi connectivity index (χ2v) is 7.57. The van der Waals surface area contributed by atoms with Crippen molar-refractivity contribution in [2.45, 2.75) is 53.9 Å². The van der Waals surface area contributed by atoms with Gasteiger partial charge in [-0.15, -0.1) is 0 Å². The van der Waals surface area contributed by atoms with Crippen LogP contribution in [0.15, 0.2) is 48.0 Å². The molecule has 0 N–H and O–H groups in total. The van der Waals surface area contributed by atoms with E-state index in [0.29, 0.717) is 0 Å². The Morgan fingerprint density at radius 2 is 1.26 bits per heavy atom. The summed E-state index contributed by atoms with van der Waals surface area (Å²) in [6.45, 7) is 10.6. The average molecular weight is 403 g/mol. The smallest absolute Gasteiger partial charge is 0.210 e. The van der Waals surface area contributed by atoms with Crippen LogP contribution in [0.1, 0.15) is 59.6 Å². The predicted octanol–water partition coefficient (Wildman–Crippen LogP) is 6.91.